The number of carbonyl (C=O) groups excluding carboxylic acids is 1. The van der Waals surface area contributed by atoms with Crippen molar-refractivity contribution < 1.29 is 14.3 Å². The fourth-order valence-corrected chi connectivity index (χ4v) is 3.59. The second kappa shape index (κ2) is 9.78. The van der Waals surface area contributed by atoms with Gasteiger partial charge in [0, 0.05) is 26.2 Å². The van der Waals surface area contributed by atoms with Crippen LogP contribution in [-0.4, -0.2) is 67.7 Å². The number of rotatable bonds is 6. The van der Waals surface area contributed by atoms with Gasteiger partial charge < -0.3 is 19.3 Å². The van der Waals surface area contributed by atoms with Crippen molar-refractivity contribution in [1.29, 1.82) is 0 Å². The molecule has 0 radical (unpaired) electrons. The maximum absolute atomic E-state index is 12.6. The highest BCUT2D eigenvalue weighted by Crippen LogP contribution is 2.14. The average molecular weight is 346 g/mol. The lowest BCUT2D eigenvalue weighted by Crippen LogP contribution is -2.44. The van der Waals surface area contributed by atoms with E-state index in [2.05, 4.69) is 4.90 Å². The lowest BCUT2D eigenvalue weighted by molar-refractivity contribution is -0.132. The van der Waals surface area contributed by atoms with Crippen molar-refractivity contribution in [3.05, 3.63) is 30.3 Å². The zero-order chi connectivity index (χ0) is 17.3. The van der Waals surface area contributed by atoms with Gasteiger partial charge in [-0.2, -0.15) is 0 Å². The van der Waals surface area contributed by atoms with E-state index in [0.29, 0.717) is 19.6 Å². The molecule has 2 aliphatic heterocycles. The molecule has 1 aromatic rings. The number of carbonyl (C=O) groups is 1. The van der Waals surface area contributed by atoms with Crippen molar-refractivity contribution in [3.63, 3.8) is 0 Å². The Morgan fingerprint density at radius 2 is 1.88 bits per heavy atom. The van der Waals surface area contributed by atoms with Gasteiger partial charge in [0.05, 0.1) is 19.1 Å². The topological polar surface area (TPSA) is 42.0 Å². The Hall–Kier alpha value is -1.59. The van der Waals surface area contributed by atoms with Gasteiger partial charge >= 0.3 is 0 Å². The second-order valence-corrected chi connectivity index (χ2v) is 6.96. The zero-order valence-electron chi connectivity index (χ0n) is 15.1. The molecule has 2 saturated heterocycles. The van der Waals surface area contributed by atoms with Crippen molar-refractivity contribution in [2.75, 3.05) is 45.9 Å². The highest BCUT2D eigenvalue weighted by Gasteiger charge is 2.24. The van der Waals surface area contributed by atoms with E-state index in [0.717, 1.165) is 31.9 Å². The molecule has 3 rings (SSSR count). The first-order chi connectivity index (χ1) is 12.3. The number of hydrogen-bond acceptors (Lipinski definition) is 4. The third-order valence-corrected chi connectivity index (χ3v) is 4.94. The maximum Gasteiger partial charge on any atom is 0.226 e. The van der Waals surface area contributed by atoms with Crippen molar-refractivity contribution in [1.82, 2.24) is 9.80 Å². The highest BCUT2D eigenvalue weighted by atomic mass is 16.5. The molecule has 1 atom stereocenters. The molecule has 5 heteroatoms. The third kappa shape index (κ3) is 6.01. The van der Waals surface area contributed by atoms with Gasteiger partial charge in [0.15, 0.2) is 0 Å². The summed E-state index contributed by atoms with van der Waals surface area (Å²) in [6.07, 6.45) is 5.39. The van der Waals surface area contributed by atoms with Crippen LogP contribution in [0.5, 0.6) is 5.75 Å². The summed E-state index contributed by atoms with van der Waals surface area (Å²) in [5.74, 6) is 0.988. The normalized spacial score (nSPS) is 22.4. The van der Waals surface area contributed by atoms with Crippen LogP contribution in [0.1, 0.15) is 32.1 Å². The summed E-state index contributed by atoms with van der Waals surface area (Å²) in [6.45, 7) is 5.96. The quantitative estimate of drug-likeness (QED) is 0.794. The molecule has 2 aliphatic rings. The van der Waals surface area contributed by atoms with Gasteiger partial charge in [-0.05, 0) is 44.5 Å². The van der Waals surface area contributed by atoms with E-state index in [1.165, 1.54) is 32.4 Å². The van der Waals surface area contributed by atoms with Crippen molar-refractivity contribution in [2.24, 2.45) is 0 Å². The number of nitrogens with zero attached hydrogens (tertiary/aromatic N) is 2. The lowest BCUT2D eigenvalue weighted by Gasteiger charge is -2.31. The van der Waals surface area contributed by atoms with Crippen LogP contribution in [0.2, 0.25) is 0 Å². The Labute approximate surface area is 150 Å². The van der Waals surface area contributed by atoms with Crippen LogP contribution in [0, 0.1) is 0 Å². The molecule has 0 aromatic heterocycles. The minimum atomic E-state index is 0.139. The fourth-order valence-electron chi connectivity index (χ4n) is 3.59. The molecular formula is C20H30N2O3. The fraction of sp³-hybridized carbons (Fsp3) is 0.650. The molecule has 0 N–H and O–H groups in total. The van der Waals surface area contributed by atoms with Gasteiger partial charge in [-0.15, -0.1) is 0 Å². The highest BCUT2D eigenvalue weighted by molar-refractivity contribution is 5.76. The molecule has 0 saturated carbocycles. The molecule has 2 fully saturated rings. The van der Waals surface area contributed by atoms with E-state index in [1.54, 1.807) is 0 Å². The van der Waals surface area contributed by atoms with Gasteiger partial charge in [0.1, 0.15) is 5.75 Å². The largest absolute Gasteiger partial charge is 0.493 e. The van der Waals surface area contributed by atoms with E-state index in [1.807, 2.05) is 35.2 Å². The van der Waals surface area contributed by atoms with Crippen molar-refractivity contribution in [2.45, 2.75) is 38.2 Å². The lowest BCUT2D eigenvalue weighted by atomic mass is 10.1. The van der Waals surface area contributed by atoms with E-state index in [4.69, 9.17) is 9.47 Å². The first kappa shape index (κ1) is 18.2. The summed E-state index contributed by atoms with van der Waals surface area (Å²) in [5.41, 5.74) is 0. The standard InChI is InChI=1S/C20H30N2O3/c23-20(10-15-25-18-8-3-1-4-9-18)22-13-7-14-24-19(17-22)16-21-11-5-2-6-12-21/h1,3-4,8-9,19H,2,5-7,10-17H2. The van der Waals surface area contributed by atoms with Gasteiger partial charge in [-0.1, -0.05) is 24.6 Å². The zero-order valence-corrected chi connectivity index (χ0v) is 15.1. The van der Waals surface area contributed by atoms with E-state index < -0.39 is 0 Å². The number of para-hydroxylation sites is 1. The van der Waals surface area contributed by atoms with Crippen LogP contribution in [0.25, 0.3) is 0 Å². The smallest absolute Gasteiger partial charge is 0.226 e. The van der Waals surface area contributed by atoms with Crippen LogP contribution in [0.4, 0.5) is 0 Å². The molecular weight excluding hydrogens is 316 g/mol. The van der Waals surface area contributed by atoms with Gasteiger partial charge in [-0.3, -0.25) is 4.79 Å². The number of likely N-dealkylation sites (tertiary alicyclic amines) is 1. The van der Waals surface area contributed by atoms with Crippen LogP contribution >= 0.6 is 0 Å². The summed E-state index contributed by atoms with van der Waals surface area (Å²) in [5, 5.41) is 0. The number of hydrogen-bond donors (Lipinski definition) is 0. The molecule has 138 valence electrons. The monoisotopic (exact) mass is 346 g/mol. The molecule has 0 bridgehead atoms. The molecule has 1 aromatic carbocycles. The Balaban J connectivity index is 1.43. The van der Waals surface area contributed by atoms with Crippen LogP contribution in [-0.2, 0) is 9.53 Å². The first-order valence-corrected chi connectivity index (χ1v) is 9.61. The van der Waals surface area contributed by atoms with E-state index in [-0.39, 0.29) is 12.0 Å². The number of benzene rings is 1. The second-order valence-electron chi connectivity index (χ2n) is 6.96. The summed E-state index contributed by atoms with van der Waals surface area (Å²) in [4.78, 5) is 17.0. The van der Waals surface area contributed by atoms with Crippen molar-refractivity contribution in [3.8, 4) is 5.75 Å². The molecule has 0 aliphatic carbocycles. The number of amides is 1. The molecule has 1 amide bonds. The number of ether oxygens (including phenoxy) is 2. The predicted octanol–water partition coefficient (Wildman–Crippen LogP) is 2.56. The molecule has 0 spiro atoms. The van der Waals surface area contributed by atoms with Crippen LogP contribution < -0.4 is 4.74 Å². The van der Waals surface area contributed by atoms with E-state index >= 15 is 0 Å². The SMILES string of the molecule is O=C(CCOc1ccccc1)N1CCCOC(CN2CCCCC2)C1. The minimum absolute atomic E-state index is 0.139. The first-order valence-electron chi connectivity index (χ1n) is 9.61. The van der Waals surface area contributed by atoms with Crippen LogP contribution in [0.3, 0.4) is 0 Å². The van der Waals surface area contributed by atoms with Crippen LogP contribution in [0.15, 0.2) is 30.3 Å². The molecule has 2 heterocycles. The third-order valence-electron chi connectivity index (χ3n) is 4.94. The Bertz CT molecular complexity index is 517. The summed E-state index contributed by atoms with van der Waals surface area (Å²) >= 11 is 0. The Kier molecular flexibility index (Phi) is 7.12. The van der Waals surface area contributed by atoms with Gasteiger partial charge in [-0.25, -0.2) is 0 Å². The number of piperidine rings is 1. The van der Waals surface area contributed by atoms with Crippen molar-refractivity contribution >= 4 is 5.91 Å². The Morgan fingerprint density at radius 1 is 1.08 bits per heavy atom. The molecule has 5 nitrogen and oxygen atoms in total. The van der Waals surface area contributed by atoms with Gasteiger partial charge in [0.2, 0.25) is 5.91 Å². The Morgan fingerprint density at radius 3 is 2.68 bits per heavy atom. The minimum Gasteiger partial charge on any atom is -0.493 e. The average Bonchev–Trinajstić information content (AvgIpc) is 2.89. The predicted molar refractivity (Wildman–Crippen MR) is 97.8 cm³/mol. The van der Waals surface area contributed by atoms with E-state index in [9.17, 15) is 4.79 Å². The summed E-state index contributed by atoms with van der Waals surface area (Å²) < 4.78 is 11.7. The molecule has 25 heavy (non-hydrogen) atoms. The maximum atomic E-state index is 12.6. The molecule has 1 unspecified atom stereocenters. The van der Waals surface area contributed by atoms with Gasteiger partial charge in [0.25, 0.3) is 0 Å². The summed E-state index contributed by atoms with van der Waals surface area (Å²) in [7, 11) is 0. The summed E-state index contributed by atoms with van der Waals surface area (Å²) in [6, 6.07) is 9.67.